The monoisotopic (exact) mass is 536 g/mol. The number of nitrogens with one attached hydrogen (secondary N) is 1. The number of esters is 1. The molecule has 0 radical (unpaired) electrons. The Kier molecular flexibility index (Phi) is 7.99. The summed E-state index contributed by atoms with van der Waals surface area (Å²) < 4.78 is 26.3. The zero-order chi connectivity index (χ0) is 27.7. The van der Waals surface area contributed by atoms with Crippen molar-refractivity contribution in [3.05, 3.63) is 53.3 Å². The van der Waals surface area contributed by atoms with Gasteiger partial charge in [0, 0.05) is 18.2 Å². The van der Waals surface area contributed by atoms with Crippen molar-refractivity contribution in [1.82, 2.24) is 10.2 Å². The highest BCUT2D eigenvalue weighted by atomic mass is 19.1. The summed E-state index contributed by atoms with van der Waals surface area (Å²) in [5.74, 6) is 0.870. The van der Waals surface area contributed by atoms with Crippen LogP contribution in [0.3, 0.4) is 0 Å². The van der Waals surface area contributed by atoms with Gasteiger partial charge in [0.1, 0.15) is 11.6 Å². The normalized spacial score (nSPS) is 24.5. The van der Waals surface area contributed by atoms with Crippen LogP contribution in [0, 0.1) is 17.2 Å². The molecule has 2 saturated carbocycles. The van der Waals surface area contributed by atoms with Crippen LogP contribution < -0.4 is 10.1 Å². The van der Waals surface area contributed by atoms with Crippen molar-refractivity contribution in [1.29, 1.82) is 0 Å². The molecule has 1 aliphatic heterocycles. The third-order valence-electron chi connectivity index (χ3n) is 8.79. The maximum absolute atomic E-state index is 15.1. The van der Waals surface area contributed by atoms with Gasteiger partial charge in [0.25, 0.3) is 0 Å². The van der Waals surface area contributed by atoms with E-state index in [9.17, 15) is 9.59 Å². The van der Waals surface area contributed by atoms with Crippen molar-refractivity contribution >= 4 is 11.9 Å². The van der Waals surface area contributed by atoms with Crippen molar-refractivity contribution in [2.75, 3.05) is 27.3 Å². The maximum atomic E-state index is 15.1. The Hall–Kier alpha value is -2.93. The molecule has 0 unspecified atom stereocenters. The fourth-order valence-corrected chi connectivity index (χ4v) is 6.46. The molecule has 6 nitrogen and oxygen atoms in total. The lowest BCUT2D eigenvalue weighted by Gasteiger charge is -2.37. The quantitative estimate of drug-likeness (QED) is 0.430. The molecular formula is C32H41FN2O4. The molecule has 2 aromatic rings. The van der Waals surface area contributed by atoms with Crippen molar-refractivity contribution in [2.45, 2.75) is 76.8 Å². The Labute approximate surface area is 231 Å². The zero-order valence-corrected chi connectivity index (χ0v) is 23.6. The van der Waals surface area contributed by atoms with Crippen molar-refractivity contribution < 1.29 is 23.5 Å². The number of ether oxygens (including phenoxy) is 2. The first kappa shape index (κ1) is 27.6. The first-order valence-corrected chi connectivity index (χ1v) is 14.3. The minimum absolute atomic E-state index is 0.0579. The number of likely N-dealkylation sites (N-methyl/N-ethyl adjacent to an activating group) is 1. The number of likely N-dealkylation sites (tertiary alicyclic amines) is 1. The molecule has 39 heavy (non-hydrogen) atoms. The van der Waals surface area contributed by atoms with Gasteiger partial charge in [0.2, 0.25) is 5.91 Å². The van der Waals surface area contributed by atoms with Crippen LogP contribution in [0.25, 0.3) is 11.1 Å². The van der Waals surface area contributed by atoms with E-state index in [0.717, 1.165) is 67.3 Å². The van der Waals surface area contributed by atoms with E-state index in [1.54, 1.807) is 6.07 Å². The Morgan fingerprint density at radius 2 is 1.90 bits per heavy atom. The molecule has 3 fully saturated rings. The summed E-state index contributed by atoms with van der Waals surface area (Å²) in [7, 11) is 3.41. The van der Waals surface area contributed by atoms with Crippen molar-refractivity contribution in [3.63, 3.8) is 0 Å². The maximum Gasteiger partial charge on any atom is 0.309 e. The molecule has 1 heterocycles. The van der Waals surface area contributed by atoms with Gasteiger partial charge in [0.05, 0.1) is 26.2 Å². The summed E-state index contributed by atoms with van der Waals surface area (Å²) >= 11 is 0. The highest BCUT2D eigenvalue weighted by molar-refractivity contribution is 5.82. The lowest BCUT2D eigenvalue weighted by molar-refractivity contribution is -0.139. The van der Waals surface area contributed by atoms with Gasteiger partial charge in [-0.05, 0) is 91.3 Å². The molecule has 1 atom stereocenters. The van der Waals surface area contributed by atoms with Crippen LogP contribution in [-0.2, 0) is 20.7 Å². The third-order valence-corrected chi connectivity index (χ3v) is 8.79. The summed E-state index contributed by atoms with van der Waals surface area (Å²) in [6.07, 6.45) is 5.87. The van der Waals surface area contributed by atoms with E-state index in [-0.39, 0.29) is 47.5 Å². The van der Waals surface area contributed by atoms with Gasteiger partial charge in [-0.25, -0.2) is 4.39 Å². The summed E-state index contributed by atoms with van der Waals surface area (Å²) in [6.45, 7) is 5.88. The molecule has 210 valence electrons. The molecule has 1 N–H and O–H groups in total. The fourth-order valence-electron chi connectivity index (χ4n) is 6.46. The van der Waals surface area contributed by atoms with E-state index in [0.29, 0.717) is 18.3 Å². The Morgan fingerprint density at radius 1 is 1.13 bits per heavy atom. The van der Waals surface area contributed by atoms with E-state index in [1.807, 2.05) is 31.3 Å². The summed E-state index contributed by atoms with van der Waals surface area (Å²) in [5.41, 5.74) is 3.37. The summed E-state index contributed by atoms with van der Waals surface area (Å²) in [5, 5.41) is 3.24. The molecule has 2 aliphatic carbocycles. The van der Waals surface area contributed by atoms with E-state index in [1.165, 1.54) is 13.2 Å². The van der Waals surface area contributed by atoms with E-state index in [2.05, 4.69) is 24.1 Å². The van der Waals surface area contributed by atoms with Crippen LogP contribution >= 0.6 is 0 Å². The van der Waals surface area contributed by atoms with Crippen LogP contribution in [0.2, 0.25) is 0 Å². The van der Waals surface area contributed by atoms with Crippen LogP contribution in [0.4, 0.5) is 4.39 Å². The predicted octanol–water partition coefficient (Wildman–Crippen LogP) is 5.48. The van der Waals surface area contributed by atoms with E-state index < -0.39 is 0 Å². The average molecular weight is 537 g/mol. The molecule has 0 bridgehead atoms. The average Bonchev–Trinajstić information content (AvgIpc) is 3.13. The van der Waals surface area contributed by atoms with Gasteiger partial charge in [-0.1, -0.05) is 38.5 Å². The van der Waals surface area contributed by atoms with Gasteiger partial charge in [0.15, 0.2) is 0 Å². The van der Waals surface area contributed by atoms with Gasteiger partial charge >= 0.3 is 5.97 Å². The Morgan fingerprint density at radius 3 is 2.54 bits per heavy atom. The number of methoxy groups -OCH3 is 1. The first-order chi connectivity index (χ1) is 18.6. The number of carbonyl (C=O) groups excluding carboxylic acids is 2. The number of rotatable bonds is 9. The summed E-state index contributed by atoms with van der Waals surface area (Å²) in [4.78, 5) is 27.0. The number of benzene rings is 2. The number of amides is 1. The van der Waals surface area contributed by atoms with Gasteiger partial charge < -0.3 is 14.8 Å². The smallest absolute Gasteiger partial charge is 0.309 e. The Balaban J connectivity index is 1.26. The number of halogens is 1. The van der Waals surface area contributed by atoms with Gasteiger partial charge in [-0.3, -0.25) is 14.5 Å². The van der Waals surface area contributed by atoms with E-state index in [4.69, 9.17) is 9.47 Å². The number of carbonyl (C=O) groups is 2. The highest BCUT2D eigenvalue weighted by Crippen LogP contribution is 2.45. The van der Waals surface area contributed by atoms with Crippen LogP contribution in [-0.4, -0.2) is 56.2 Å². The predicted molar refractivity (Wildman–Crippen MR) is 149 cm³/mol. The van der Waals surface area contributed by atoms with Crippen molar-refractivity contribution in [3.8, 4) is 16.9 Å². The molecule has 0 spiro atoms. The van der Waals surface area contributed by atoms with Gasteiger partial charge in [-0.15, -0.1) is 0 Å². The van der Waals surface area contributed by atoms with Gasteiger partial charge in [-0.2, -0.15) is 0 Å². The molecule has 3 aliphatic rings. The third kappa shape index (κ3) is 6.13. The number of nitrogens with zero attached hydrogens (tertiary/aromatic N) is 1. The molecule has 2 aromatic carbocycles. The topological polar surface area (TPSA) is 67.9 Å². The standard InChI is InChI=1S/C32H41FN2O4/c1-32(2)17-27(35(3)19-32)31(37)34-23-13-21(14-23)18-39-28-12-11-20(16-29(36)38-4)15-25(28)24-9-6-10-26(33)30(24)22-7-5-8-22/h6,9-12,15,21-23,27H,5,7-8,13-14,16-19H2,1-4H3,(H,34,37)/t21?,23?,27-/m0/s1. The second-order valence-electron chi connectivity index (χ2n) is 12.6. The van der Waals surface area contributed by atoms with E-state index >= 15 is 4.39 Å². The largest absolute Gasteiger partial charge is 0.493 e. The minimum atomic E-state index is -0.317. The molecular weight excluding hydrogens is 495 g/mol. The van der Waals surface area contributed by atoms with Crippen LogP contribution in [0.1, 0.15) is 69.4 Å². The van der Waals surface area contributed by atoms with Crippen LogP contribution in [0.15, 0.2) is 36.4 Å². The fraction of sp³-hybridized carbons (Fsp3) is 0.562. The minimum Gasteiger partial charge on any atom is -0.493 e. The highest BCUT2D eigenvalue weighted by Gasteiger charge is 2.41. The second kappa shape index (κ2) is 11.3. The van der Waals surface area contributed by atoms with Crippen molar-refractivity contribution in [2.24, 2.45) is 11.3 Å². The Bertz CT molecular complexity index is 1220. The lowest BCUT2D eigenvalue weighted by Crippen LogP contribution is -2.51. The number of hydrogen-bond donors (Lipinski definition) is 1. The van der Waals surface area contributed by atoms with Crippen LogP contribution in [0.5, 0.6) is 5.75 Å². The molecule has 5 rings (SSSR count). The lowest BCUT2D eigenvalue weighted by atomic mass is 9.76. The molecule has 1 saturated heterocycles. The molecule has 0 aromatic heterocycles. The molecule has 7 heteroatoms. The zero-order valence-electron chi connectivity index (χ0n) is 23.6. The molecule has 1 amide bonds. The number of hydrogen-bond acceptors (Lipinski definition) is 5. The SMILES string of the molecule is COC(=O)Cc1ccc(OCC2CC(NC(=O)[C@@H]3CC(C)(C)CN3C)C2)c(-c2cccc(F)c2C2CCC2)c1. The first-order valence-electron chi connectivity index (χ1n) is 14.3. The second-order valence-corrected chi connectivity index (χ2v) is 12.6. The summed E-state index contributed by atoms with van der Waals surface area (Å²) in [6, 6.07) is 11.1.